The van der Waals surface area contributed by atoms with Crippen molar-refractivity contribution in [2.24, 2.45) is 0 Å². The van der Waals surface area contributed by atoms with Crippen molar-refractivity contribution >= 4 is 23.3 Å². The van der Waals surface area contributed by atoms with Crippen LogP contribution in [-0.2, 0) is 20.9 Å². The third-order valence-electron chi connectivity index (χ3n) is 4.16. The number of aromatic nitrogens is 2. The monoisotopic (exact) mass is 376 g/mol. The number of carbonyl (C=O) groups excluding carboxylic acids is 2. The molecule has 0 bridgehead atoms. The van der Waals surface area contributed by atoms with Gasteiger partial charge in [0.15, 0.2) is 0 Å². The van der Waals surface area contributed by atoms with E-state index in [-0.39, 0.29) is 36.6 Å². The van der Waals surface area contributed by atoms with E-state index >= 15 is 0 Å². The molecule has 1 unspecified atom stereocenters. The summed E-state index contributed by atoms with van der Waals surface area (Å²) in [5.41, 5.74) is -1.32. The Morgan fingerprint density at radius 2 is 2.15 bits per heavy atom. The molecule has 2 aromatic rings. The molecule has 0 aliphatic carbocycles. The SMILES string of the molecule is COCCn1c2c(c(=O)[nH]c1=O)C(C(=O)Nc1cccc(F)c1)CC(=O)N2. The fourth-order valence-corrected chi connectivity index (χ4v) is 2.93. The van der Waals surface area contributed by atoms with Crippen molar-refractivity contribution in [1.29, 1.82) is 0 Å². The highest BCUT2D eigenvalue weighted by molar-refractivity contribution is 6.04. The lowest BCUT2D eigenvalue weighted by Gasteiger charge is -2.26. The maximum Gasteiger partial charge on any atom is 0.330 e. The standard InChI is InChI=1S/C17H17FN4O5/c1-27-6-5-22-14-13(16(25)21-17(22)26)11(8-12(23)20-14)15(24)19-10-4-2-3-9(18)7-10/h2-4,7,11H,5-6,8H2,1H3,(H,19,24)(H,20,23)(H,21,25,26). The number of aromatic amines is 1. The number of anilines is 2. The molecule has 142 valence electrons. The smallest absolute Gasteiger partial charge is 0.330 e. The molecule has 9 nitrogen and oxygen atoms in total. The maximum atomic E-state index is 13.3. The summed E-state index contributed by atoms with van der Waals surface area (Å²) in [6, 6.07) is 5.24. The zero-order valence-electron chi connectivity index (χ0n) is 14.4. The minimum Gasteiger partial charge on any atom is -0.383 e. The number of nitrogens with zero attached hydrogens (tertiary/aromatic N) is 1. The zero-order chi connectivity index (χ0) is 19.6. The van der Waals surface area contributed by atoms with E-state index in [0.29, 0.717) is 0 Å². The first kappa shape index (κ1) is 18.5. The molecule has 27 heavy (non-hydrogen) atoms. The minimum atomic E-state index is -1.13. The van der Waals surface area contributed by atoms with Gasteiger partial charge in [0.2, 0.25) is 11.8 Å². The second-order valence-electron chi connectivity index (χ2n) is 5.97. The predicted molar refractivity (Wildman–Crippen MR) is 94.2 cm³/mol. The van der Waals surface area contributed by atoms with Crippen molar-refractivity contribution in [1.82, 2.24) is 9.55 Å². The number of amides is 2. The molecule has 1 aliphatic rings. The van der Waals surface area contributed by atoms with Gasteiger partial charge in [0.1, 0.15) is 11.6 Å². The van der Waals surface area contributed by atoms with Crippen molar-refractivity contribution in [3.8, 4) is 0 Å². The van der Waals surface area contributed by atoms with Crippen molar-refractivity contribution in [2.45, 2.75) is 18.9 Å². The number of nitrogens with one attached hydrogen (secondary N) is 3. The van der Waals surface area contributed by atoms with Gasteiger partial charge >= 0.3 is 5.69 Å². The molecule has 0 fully saturated rings. The maximum absolute atomic E-state index is 13.3. The van der Waals surface area contributed by atoms with Crippen LogP contribution in [0.5, 0.6) is 0 Å². The van der Waals surface area contributed by atoms with E-state index in [1.807, 2.05) is 0 Å². The van der Waals surface area contributed by atoms with Gasteiger partial charge in [-0.05, 0) is 18.2 Å². The predicted octanol–water partition coefficient (Wildman–Crippen LogP) is 0.387. The molecule has 0 saturated carbocycles. The number of rotatable bonds is 5. The van der Waals surface area contributed by atoms with Crippen LogP contribution >= 0.6 is 0 Å². The molecular weight excluding hydrogens is 359 g/mol. The Morgan fingerprint density at radius 3 is 2.85 bits per heavy atom. The summed E-state index contributed by atoms with van der Waals surface area (Å²) < 4.78 is 19.4. The highest BCUT2D eigenvalue weighted by Gasteiger charge is 2.35. The second-order valence-corrected chi connectivity index (χ2v) is 5.97. The van der Waals surface area contributed by atoms with Crippen LogP contribution in [0, 0.1) is 5.82 Å². The van der Waals surface area contributed by atoms with E-state index in [9.17, 15) is 23.6 Å². The number of benzene rings is 1. The molecule has 2 amide bonds. The van der Waals surface area contributed by atoms with E-state index in [1.54, 1.807) is 0 Å². The van der Waals surface area contributed by atoms with Gasteiger partial charge in [-0.1, -0.05) is 6.07 Å². The highest BCUT2D eigenvalue weighted by atomic mass is 19.1. The van der Waals surface area contributed by atoms with Gasteiger partial charge in [-0.3, -0.25) is 23.9 Å². The second kappa shape index (κ2) is 7.54. The average Bonchev–Trinajstić information content (AvgIpc) is 2.60. The van der Waals surface area contributed by atoms with E-state index in [2.05, 4.69) is 15.6 Å². The topological polar surface area (TPSA) is 122 Å². The number of ether oxygens (including phenoxy) is 1. The number of fused-ring (bicyclic) bond motifs is 1. The Labute approximate surface area is 152 Å². The van der Waals surface area contributed by atoms with Gasteiger partial charge < -0.3 is 15.4 Å². The molecule has 1 aromatic heterocycles. The first-order valence-corrected chi connectivity index (χ1v) is 8.13. The summed E-state index contributed by atoms with van der Waals surface area (Å²) in [6.45, 7) is 0.237. The first-order valence-electron chi connectivity index (χ1n) is 8.13. The van der Waals surface area contributed by atoms with Crippen LogP contribution in [0.2, 0.25) is 0 Å². The molecule has 1 atom stereocenters. The Morgan fingerprint density at radius 1 is 1.37 bits per heavy atom. The molecule has 1 aromatic carbocycles. The van der Waals surface area contributed by atoms with Crippen LogP contribution in [0.1, 0.15) is 17.9 Å². The lowest BCUT2D eigenvalue weighted by Crippen LogP contribution is -2.43. The highest BCUT2D eigenvalue weighted by Crippen LogP contribution is 2.29. The molecular formula is C17H17FN4O5. The van der Waals surface area contributed by atoms with E-state index in [4.69, 9.17) is 4.74 Å². The van der Waals surface area contributed by atoms with Crippen LogP contribution in [0.4, 0.5) is 15.9 Å². The Bertz CT molecular complexity index is 1010. The fraction of sp³-hybridized carbons (Fsp3) is 0.294. The van der Waals surface area contributed by atoms with E-state index in [1.165, 1.54) is 25.3 Å². The minimum absolute atomic E-state index is 0.0285. The van der Waals surface area contributed by atoms with Crippen molar-refractivity contribution in [3.05, 3.63) is 56.5 Å². The Kier molecular flexibility index (Phi) is 5.17. The average molecular weight is 376 g/mol. The summed E-state index contributed by atoms with van der Waals surface area (Å²) in [5, 5.41) is 4.98. The van der Waals surface area contributed by atoms with Gasteiger partial charge in [-0.2, -0.15) is 0 Å². The van der Waals surface area contributed by atoms with Gasteiger partial charge in [-0.15, -0.1) is 0 Å². The molecule has 0 radical (unpaired) electrons. The Balaban J connectivity index is 2.02. The van der Waals surface area contributed by atoms with Gasteiger partial charge in [0.05, 0.1) is 24.6 Å². The molecule has 10 heteroatoms. The van der Waals surface area contributed by atoms with E-state index in [0.717, 1.165) is 10.6 Å². The lowest BCUT2D eigenvalue weighted by atomic mass is 9.92. The van der Waals surface area contributed by atoms with Gasteiger partial charge in [0, 0.05) is 19.2 Å². The molecule has 3 rings (SSSR count). The van der Waals surface area contributed by atoms with Crippen LogP contribution < -0.4 is 21.9 Å². The number of carbonyl (C=O) groups is 2. The first-order chi connectivity index (χ1) is 12.9. The van der Waals surface area contributed by atoms with E-state index < -0.39 is 34.8 Å². The number of hydrogen-bond donors (Lipinski definition) is 3. The van der Waals surface area contributed by atoms with Crippen LogP contribution in [0.25, 0.3) is 0 Å². The summed E-state index contributed by atoms with van der Waals surface area (Å²) in [5.74, 6) is -2.87. The van der Waals surface area contributed by atoms with Crippen LogP contribution in [0.15, 0.2) is 33.9 Å². The quantitative estimate of drug-likeness (QED) is 0.697. The molecule has 2 heterocycles. The fourth-order valence-electron chi connectivity index (χ4n) is 2.93. The van der Waals surface area contributed by atoms with Crippen LogP contribution in [0.3, 0.4) is 0 Å². The van der Waals surface area contributed by atoms with Crippen molar-refractivity contribution in [3.63, 3.8) is 0 Å². The van der Waals surface area contributed by atoms with Gasteiger partial charge in [-0.25, -0.2) is 9.18 Å². The number of halogens is 1. The third kappa shape index (κ3) is 3.80. The Hall–Kier alpha value is -3.27. The van der Waals surface area contributed by atoms with Crippen molar-refractivity contribution < 1.29 is 18.7 Å². The summed E-state index contributed by atoms with van der Waals surface area (Å²) in [4.78, 5) is 51.3. The number of H-pyrrole nitrogens is 1. The molecule has 0 spiro atoms. The van der Waals surface area contributed by atoms with Gasteiger partial charge in [0.25, 0.3) is 5.56 Å². The molecule has 1 aliphatic heterocycles. The molecule has 0 saturated heterocycles. The summed E-state index contributed by atoms with van der Waals surface area (Å²) in [6.07, 6.45) is -0.278. The summed E-state index contributed by atoms with van der Waals surface area (Å²) in [7, 11) is 1.44. The summed E-state index contributed by atoms with van der Waals surface area (Å²) >= 11 is 0. The number of methoxy groups -OCH3 is 1. The lowest BCUT2D eigenvalue weighted by molar-refractivity contribution is -0.123. The van der Waals surface area contributed by atoms with Crippen LogP contribution in [-0.4, -0.2) is 35.1 Å². The molecule has 3 N–H and O–H groups in total. The number of hydrogen-bond acceptors (Lipinski definition) is 5. The zero-order valence-corrected chi connectivity index (χ0v) is 14.4. The third-order valence-corrected chi connectivity index (χ3v) is 4.16. The van der Waals surface area contributed by atoms with Crippen molar-refractivity contribution in [2.75, 3.05) is 24.4 Å². The largest absolute Gasteiger partial charge is 0.383 e. The normalized spacial score (nSPS) is 15.8.